The van der Waals surface area contributed by atoms with E-state index in [2.05, 4.69) is 6.92 Å². The molecule has 0 aliphatic heterocycles. The highest BCUT2D eigenvalue weighted by Crippen LogP contribution is 2.27. The minimum Gasteiger partial charge on any atom is -0.339 e. The van der Waals surface area contributed by atoms with E-state index in [1.165, 1.54) is 26.2 Å². The first-order chi connectivity index (χ1) is 10.7. The lowest BCUT2D eigenvalue weighted by Gasteiger charge is -2.33. The van der Waals surface area contributed by atoms with Crippen LogP contribution in [0.1, 0.15) is 43.0 Å². The second-order valence-corrected chi connectivity index (χ2v) is 8.80. The van der Waals surface area contributed by atoms with Gasteiger partial charge < -0.3 is 4.90 Å². The largest absolute Gasteiger partial charge is 0.339 e. The summed E-state index contributed by atoms with van der Waals surface area (Å²) in [7, 11) is 1.26. The van der Waals surface area contributed by atoms with Gasteiger partial charge in [0.1, 0.15) is 0 Å². The van der Waals surface area contributed by atoms with Crippen LogP contribution in [0, 0.1) is 5.92 Å². The van der Waals surface area contributed by atoms with Crippen molar-refractivity contribution in [3.05, 3.63) is 29.8 Å². The molecule has 1 amide bonds. The number of carbonyl (C=O) groups excluding carboxylic acids is 1. The molecule has 1 fully saturated rings. The van der Waals surface area contributed by atoms with Crippen LogP contribution in [0.5, 0.6) is 0 Å². The van der Waals surface area contributed by atoms with E-state index in [4.69, 9.17) is 0 Å². The van der Waals surface area contributed by atoms with Crippen molar-refractivity contribution in [3.8, 4) is 0 Å². The van der Waals surface area contributed by atoms with Crippen molar-refractivity contribution in [1.29, 1.82) is 0 Å². The number of carbonyl (C=O) groups is 1. The van der Waals surface area contributed by atoms with Gasteiger partial charge >= 0.3 is 0 Å². The minimum atomic E-state index is -3.53. The summed E-state index contributed by atoms with van der Waals surface area (Å²) in [4.78, 5) is 14.6. The van der Waals surface area contributed by atoms with Gasteiger partial charge in [0.05, 0.1) is 4.90 Å². The highest BCUT2D eigenvalue weighted by Gasteiger charge is 2.26. The van der Waals surface area contributed by atoms with Gasteiger partial charge in [0.25, 0.3) is 5.91 Å². The van der Waals surface area contributed by atoms with Gasteiger partial charge in [-0.1, -0.05) is 13.0 Å². The Balaban J connectivity index is 2.20. The van der Waals surface area contributed by atoms with Crippen molar-refractivity contribution >= 4 is 15.9 Å². The molecule has 0 unspecified atom stereocenters. The number of nitrogens with zero attached hydrogens (tertiary/aromatic N) is 2. The zero-order chi connectivity index (χ0) is 17.2. The molecule has 2 rings (SSSR count). The van der Waals surface area contributed by atoms with Crippen LogP contribution in [0.3, 0.4) is 0 Å². The maximum atomic E-state index is 12.7. The number of amides is 1. The lowest BCUT2D eigenvalue weighted by atomic mass is 9.86. The van der Waals surface area contributed by atoms with E-state index in [1.807, 2.05) is 7.05 Å². The molecular formula is C17H26N2O3S. The number of hydrogen-bond acceptors (Lipinski definition) is 3. The first-order valence-corrected chi connectivity index (χ1v) is 9.47. The second kappa shape index (κ2) is 7.01. The molecule has 0 saturated heterocycles. The van der Waals surface area contributed by atoms with Crippen LogP contribution in [-0.4, -0.2) is 50.7 Å². The Morgan fingerprint density at radius 2 is 1.70 bits per heavy atom. The maximum Gasteiger partial charge on any atom is 0.253 e. The lowest BCUT2D eigenvalue weighted by Crippen LogP contribution is -2.39. The van der Waals surface area contributed by atoms with E-state index in [1.54, 1.807) is 17.0 Å². The summed E-state index contributed by atoms with van der Waals surface area (Å²) in [6.07, 6.45) is 4.30. The first-order valence-electron chi connectivity index (χ1n) is 8.03. The molecule has 1 aliphatic carbocycles. The molecule has 23 heavy (non-hydrogen) atoms. The lowest BCUT2D eigenvalue weighted by molar-refractivity contribution is 0.0679. The quantitative estimate of drug-likeness (QED) is 0.848. The van der Waals surface area contributed by atoms with Crippen molar-refractivity contribution in [2.75, 3.05) is 21.1 Å². The minimum absolute atomic E-state index is 0.111. The van der Waals surface area contributed by atoms with Crippen molar-refractivity contribution in [2.45, 2.75) is 43.5 Å². The van der Waals surface area contributed by atoms with E-state index >= 15 is 0 Å². The predicted octanol–water partition coefficient (Wildman–Crippen LogP) is 2.59. The zero-order valence-electron chi connectivity index (χ0n) is 14.3. The molecule has 0 N–H and O–H groups in total. The van der Waals surface area contributed by atoms with Crippen LogP contribution >= 0.6 is 0 Å². The van der Waals surface area contributed by atoms with Gasteiger partial charge in [-0.15, -0.1) is 0 Å². The van der Waals surface area contributed by atoms with Gasteiger partial charge in [0.15, 0.2) is 0 Å². The molecule has 1 saturated carbocycles. The third-order valence-corrected chi connectivity index (χ3v) is 6.52. The van der Waals surface area contributed by atoms with Gasteiger partial charge in [-0.3, -0.25) is 4.79 Å². The Morgan fingerprint density at radius 1 is 1.09 bits per heavy atom. The Hall–Kier alpha value is -1.40. The zero-order valence-corrected chi connectivity index (χ0v) is 15.1. The molecular weight excluding hydrogens is 312 g/mol. The van der Waals surface area contributed by atoms with Gasteiger partial charge in [-0.25, -0.2) is 12.7 Å². The standard InChI is InChI=1S/C17H26N2O3S/c1-13-8-10-15(11-9-13)19(4)17(20)14-6-5-7-16(12-14)23(21,22)18(2)3/h5-7,12-13,15H,8-11H2,1-4H3. The van der Waals surface area contributed by atoms with Crippen molar-refractivity contribution in [2.24, 2.45) is 5.92 Å². The fourth-order valence-electron chi connectivity index (χ4n) is 3.00. The molecule has 6 heteroatoms. The molecule has 0 spiro atoms. The SMILES string of the molecule is CC1CCC(N(C)C(=O)c2cccc(S(=O)(=O)N(C)C)c2)CC1. The average Bonchev–Trinajstić information content (AvgIpc) is 2.54. The first kappa shape index (κ1) is 17.9. The van der Waals surface area contributed by atoms with Crippen LogP contribution in [0.2, 0.25) is 0 Å². The highest BCUT2D eigenvalue weighted by molar-refractivity contribution is 7.89. The van der Waals surface area contributed by atoms with E-state index in [-0.39, 0.29) is 16.8 Å². The Labute approximate surface area is 139 Å². The van der Waals surface area contributed by atoms with Gasteiger partial charge in [-0.05, 0) is 49.8 Å². The smallest absolute Gasteiger partial charge is 0.253 e. The molecule has 1 aromatic rings. The number of rotatable bonds is 4. The summed E-state index contributed by atoms with van der Waals surface area (Å²) in [6, 6.07) is 6.54. The molecule has 0 aromatic heterocycles. The average molecular weight is 338 g/mol. The summed E-state index contributed by atoms with van der Waals surface area (Å²) in [5, 5.41) is 0. The normalized spacial score (nSPS) is 22.1. The third-order valence-electron chi connectivity index (χ3n) is 4.71. The van der Waals surface area contributed by atoms with Crippen LogP contribution < -0.4 is 0 Å². The van der Waals surface area contributed by atoms with Crippen LogP contribution in [-0.2, 0) is 10.0 Å². The van der Waals surface area contributed by atoms with E-state index in [0.717, 1.165) is 35.9 Å². The molecule has 0 heterocycles. The van der Waals surface area contributed by atoms with Crippen molar-refractivity contribution in [3.63, 3.8) is 0 Å². The number of sulfonamides is 1. The molecule has 0 radical (unpaired) electrons. The van der Waals surface area contributed by atoms with Crippen molar-refractivity contribution in [1.82, 2.24) is 9.21 Å². The van der Waals surface area contributed by atoms with Gasteiger partial charge in [0.2, 0.25) is 10.0 Å². The fourth-order valence-corrected chi connectivity index (χ4v) is 3.95. The summed E-state index contributed by atoms with van der Waals surface area (Å²) in [5.41, 5.74) is 0.425. The second-order valence-electron chi connectivity index (χ2n) is 6.65. The molecule has 1 aromatic carbocycles. The highest BCUT2D eigenvalue weighted by atomic mass is 32.2. The summed E-state index contributed by atoms with van der Waals surface area (Å²) in [5.74, 6) is 0.615. The monoisotopic (exact) mass is 338 g/mol. The molecule has 0 bridgehead atoms. The van der Waals surface area contributed by atoms with Crippen molar-refractivity contribution < 1.29 is 13.2 Å². The predicted molar refractivity (Wildman–Crippen MR) is 90.8 cm³/mol. The van der Waals surface area contributed by atoms with Gasteiger partial charge in [0, 0.05) is 32.7 Å². The summed E-state index contributed by atoms with van der Waals surface area (Å²) >= 11 is 0. The molecule has 5 nitrogen and oxygen atoms in total. The van der Waals surface area contributed by atoms with Gasteiger partial charge in [-0.2, -0.15) is 0 Å². The van der Waals surface area contributed by atoms with Crippen LogP contribution in [0.15, 0.2) is 29.2 Å². The Morgan fingerprint density at radius 3 is 2.26 bits per heavy atom. The maximum absolute atomic E-state index is 12.7. The molecule has 1 aliphatic rings. The Kier molecular flexibility index (Phi) is 5.47. The molecule has 0 atom stereocenters. The van der Waals surface area contributed by atoms with E-state index < -0.39 is 10.0 Å². The van der Waals surface area contributed by atoms with Crippen LogP contribution in [0.25, 0.3) is 0 Å². The van der Waals surface area contributed by atoms with E-state index in [9.17, 15) is 13.2 Å². The summed E-state index contributed by atoms with van der Waals surface area (Å²) in [6.45, 7) is 2.24. The Bertz CT molecular complexity index is 662. The van der Waals surface area contributed by atoms with Crippen LogP contribution in [0.4, 0.5) is 0 Å². The number of benzene rings is 1. The number of hydrogen-bond donors (Lipinski definition) is 0. The topological polar surface area (TPSA) is 57.7 Å². The van der Waals surface area contributed by atoms with E-state index in [0.29, 0.717) is 5.56 Å². The summed E-state index contributed by atoms with van der Waals surface area (Å²) < 4.78 is 25.6. The third kappa shape index (κ3) is 3.93. The fraction of sp³-hybridized carbons (Fsp3) is 0.588. The molecule has 128 valence electrons.